The van der Waals surface area contributed by atoms with E-state index in [1.54, 1.807) is 18.2 Å². The minimum absolute atomic E-state index is 0.00601. The summed E-state index contributed by atoms with van der Waals surface area (Å²) in [5.74, 6) is -0.675. The number of imidazole rings is 1. The van der Waals surface area contributed by atoms with Crippen LogP contribution >= 0.6 is 23.2 Å². The molecule has 4 aromatic rings. The molecule has 31 heavy (non-hydrogen) atoms. The molecule has 158 valence electrons. The number of aromatic nitrogens is 2. The molecule has 10 heteroatoms. The van der Waals surface area contributed by atoms with E-state index in [0.29, 0.717) is 5.69 Å². The number of nitrogens with one attached hydrogen (secondary N) is 1. The van der Waals surface area contributed by atoms with Crippen LogP contribution in [0.2, 0.25) is 10.0 Å². The number of nitrogens with zero attached hydrogens (tertiary/aromatic N) is 2. The monoisotopic (exact) mass is 464 g/mol. The highest BCUT2D eigenvalue weighted by Crippen LogP contribution is 2.39. The van der Waals surface area contributed by atoms with Crippen LogP contribution < -0.4 is 11.1 Å². The number of benzene rings is 2. The molecule has 1 amide bonds. The Morgan fingerprint density at radius 3 is 2.35 bits per heavy atom. The number of hydrogen-bond acceptors (Lipinski definition) is 3. The number of pyridine rings is 1. The highest BCUT2D eigenvalue weighted by atomic mass is 35.5. The molecular formula is C21H13Cl2F3N4O. The fraction of sp³-hybridized carbons (Fsp3) is 0.0476. The Kier molecular flexibility index (Phi) is 5.28. The Bertz CT molecular complexity index is 1300. The van der Waals surface area contributed by atoms with E-state index in [9.17, 15) is 18.0 Å². The van der Waals surface area contributed by atoms with Crippen LogP contribution in [0.5, 0.6) is 0 Å². The molecule has 0 radical (unpaired) electrons. The van der Waals surface area contributed by atoms with Crippen LogP contribution in [-0.4, -0.2) is 15.3 Å². The average Bonchev–Trinajstić information content (AvgIpc) is 3.09. The highest BCUT2D eigenvalue weighted by Gasteiger charge is 2.38. The topological polar surface area (TPSA) is 72.4 Å². The molecule has 0 atom stereocenters. The zero-order valence-electron chi connectivity index (χ0n) is 15.5. The van der Waals surface area contributed by atoms with Crippen LogP contribution in [0.25, 0.3) is 16.9 Å². The standard InChI is InChI=1S/C21H13Cl2F3N4O/c22-13-6-2-7-14(23)16(13)20(31)28-15-8-3-9-30-17(11-4-1-5-12(27)10-11)18(21(24,25)26)29-19(15)30/h1-10H,27H2,(H,28,31). The first-order valence-corrected chi connectivity index (χ1v) is 9.62. The molecule has 0 bridgehead atoms. The van der Waals surface area contributed by atoms with E-state index in [0.717, 1.165) is 0 Å². The van der Waals surface area contributed by atoms with Gasteiger partial charge in [0.1, 0.15) is 0 Å². The van der Waals surface area contributed by atoms with Gasteiger partial charge in [-0.05, 0) is 36.4 Å². The molecule has 0 aliphatic rings. The van der Waals surface area contributed by atoms with Gasteiger partial charge in [-0.2, -0.15) is 13.2 Å². The zero-order chi connectivity index (χ0) is 22.3. The van der Waals surface area contributed by atoms with Crippen molar-refractivity contribution in [1.29, 1.82) is 0 Å². The molecule has 2 aromatic carbocycles. The molecule has 0 spiro atoms. The number of hydrogen-bond donors (Lipinski definition) is 2. The number of fused-ring (bicyclic) bond motifs is 1. The SMILES string of the molecule is Nc1cccc(-c2c(C(F)(F)F)nc3c(NC(=O)c4c(Cl)cccc4Cl)cccn23)c1. The second-order valence-corrected chi connectivity index (χ2v) is 7.41. The number of carbonyl (C=O) groups excluding carboxylic acids is 1. The van der Waals surface area contributed by atoms with Crippen molar-refractivity contribution in [3.05, 3.63) is 82.1 Å². The Hall–Kier alpha value is -3.23. The van der Waals surface area contributed by atoms with Crippen LogP contribution in [0.4, 0.5) is 24.5 Å². The Balaban J connectivity index is 1.89. The van der Waals surface area contributed by atoms with Gasteiger partial charge in [0, 0.05) is 17.4 Å². The molecule has 0 saturated carbocycles. The lowest BCUT2D eigenvalue weighted by Gasteiger charge is -2.10. The molecule has 5 nitrogen and oxygen atoms in total. The predicted molar refractivity (Wildman–Crippen MR) is 114 cm³/mol. The third-order valence-corrected chi connectivity index (χ3v) is 5.15. The van der Waals surface area contributed by atoms with Gasteiger partial charge in [0.2, 0.25) is 0 Å². The van der Waals surface area contributed by atoms with E-state index in [1.807, 2.05) is 0 Å². The summed E-state index contributed by atoms with van der Waals surface area (Å²) < 4.78 is 42.7. The third-order valence-electron chi connectivity index (χ3n) is 4.52. The van der Waals surface area contributed by atoms with E-state index < -0.39 is 17.8 Å². The van der Waals surface area contributed by atoms with E-state index in [-0.39, 0.29) is 38.2 Å². The summed E-state index contributed by atoms with van der Waals surface area (Å²) in [6.07, 6.45) is -3.31. The van der Waals surface area contributed by atoms with Crippen LogP contribution in [0.1, 0.15) is 16.1 Å². The number of nitrogens with two attached hydrogens (primary N) is 1. The van der Waals surface area contributed by atoms with Crippen molar-refractivity contribution in [2.75, 3.05) is 11.1 Å². The number of nitrogen functional groups attached to an aromatic ring is 1. The predicted octanol–water partition coefficient (Wildman–Crippen LogP) is 6.16. The minimum atomic E-state index is -4.74. The number of alkyl halides is 3. The van der Waals surface area contributed by atoms with Crippen molar-refractivity contribution in [2.45, 2.75) is 6.18 Å². The largest absolute Gasteiger partial charge is 0.435 e. The van der Waals surface area contributed by atoms with Crippen molar-refractivity contribution >= 4 is 46.1 Å². The quantitative estimate of drug-likeness (QED) is 0.356. The Morgan fingerprint density at radius 1 is 1.03 bits per heavy atom. The molecule has 0 fully saturated rings. The fourth-order valence-electron chi connectivity index (χ4n) is 3.22. The lowest BCUT2D eigenvalue weighted by atomic mass is 10.1. The van der Waals surface area contributed by atoms with Crippen LogP contribution in [0, 0.1) is 0 Å². The number of halogens is 5. The summed E-state index contributed by atoms with van der Waals surface area (Å²) in [5.41, 5.74) is 4.98. The first-order chi connectivity index (χ1) is 14.7. The van der Waals surface area contributed by atoms with Gasteiger partial charge in [0.15, 0.2) is 11.3 Å². The normalized spacial score (nSPS) is 11.6. The number of anilines is 2. The van der Waals surface area contributed by atoms with Crippen molar-refractivity contribution in [1.82, 2.24) is 9.38 Å². The molecule has 2 aromatic heterocycles. The van der Waals surface area contributed by atoms with E-state index in [1.165, 1.54) is 47.0 Å². The van der Waals surface area contributed by atoms with Gasteiger partial charge in [-0.1, -0.05) is 41.4 Å². The molecular weight excluding hydrogens is 452 g/mol. The fourth-order valence-corrected chi connectivity index (χ4v) is 3.79. The summed E-state index contributed by atoms with van der Waals surface area (Å²) in [7, 11) is 0. The van der Waals surface area contributed by atoms with Gasteiger partial charge in [-0.3, -0.25) is 9.20 Å². The first kappa shape index (κ1) is 21.0. The van der Waals surface area contributed by atoms with Crippen LogP contribution in [0.15, 0.2) is 60.8 Å². The van der Waals surface area contributed by atoms with Crippen molar-refractivity contribution in [3.63, 3.8) is 0 Å². The van der Waals surface area contributed by atoms with Gasteiger partial charge in [0.05, 0.1) is 27.0 Å². The maximum absolute atomic E-state index is 13.8. The Morgan fingerprint density at radius 2 is 1.71 bits per heavy atom. The Labute approximate surface area is 184 Å². The van der Waals surface area contributed by atoms with Crippen molar-refractivity contribution < 1.29 is 18.0 Å². The molecule has 2 heterocycles. The molecule has 0 aliphatic carbocycles. The lowest BCUT2D eigenvalue weighted by Crippen LogP contribution is -2.14. The lowest BCUT2D eigenvalue weighted by molar-refractivity contribution is -0.140. The average molecular weight is 465 g/mol. The number of amides is 1. The van der Waals surface area contributed by atoms with Gasteiger partial charge in [0.25, 0.3) is 5.91 Å². The second-order valence-electron chi connectivity index (χ2n) is 6.60. The molecule has 4 rings (SSSR count). The van der Waals surface area contributed by atoms with Crippen molar-refractivity contribution in [3.8, 4) is 11.3 Å². The molecule has 0 saturated heterocycles. The smallest absolute Gasteiger partial charge is 0.399 e. The minimum Gasteiger partial charge on any atom is -0.399 e. The number of carbonyl (C=O) groups is 1. The summed E-state index contributed by atoms with van der Waals surface area (Å²) >= 11 is 12.1. The van der Waals surface area contributed by atoms with E-state index in [2.05, 4.69) is 10.3 Å². The molecule has 0 aliphatic heterocycles. The second kappa shape index (κ2) is 7.79. The summed E-state index contributed by atoms with van der Waals surface area (Å²) in [5, 5.41) is 2.77. The van der Waals surface area contributed by atoms with Gasteiger partial charge >= 0.3 is 6.18 Å². The van der Waals surface area contributed by atoms with Crippen molar-refractivity contribution in [2.24, 2.45) is 0 Å². The number of rotatable bonds is 3. The van der Waals surface area contributed by atoms with Crippen LogP contribution in [0.3, 0.4) is 0 Å². The van der Waals surface area contributed by atoms with Crippen LogP contribution in [-0.2, 0) is 6.18 Å². The summed E-state index contributed by atoms with van der Waals surface area (Å²) in [4.78, 5) is 16.5. The zero-order valence-corrected chi connectivity index (χ0v) is 17.1. The summed E-state index contributed by atoms with van der Waals surface area (Å²) in [6.45, 7) is 0. The summed E-state index contributed by atoms with van der Waals surface area (Å²) in [6, 6.07) is 13.5. The molecule has 3 N–H and O–H groups in total. The molecule has 0 unspecified atom stereocenters. The maximum Gasteiger partial charge on any atom is 0.435 e. The maximum atomic E-state index is 13.8. The van der Waals surface area contributed by atoms with E-state index >= 15 is 0 Å². The highest BCUT2D eigenvalue weighted by molar-refractivity contribution is 6.40. The van der Waals surface area contributed by atoms with Gasteiger partial charge in [-0.15, -0.1) is 0 Å². The van der Waals surface area contributed by atoms with Gasteiger partial charge < -0.3 is 11.1 Å². The first-order valence-electron chi connectivity index (χ1n) is 8.86. The van der Waals surface area contributed by atoms with Gasteiger partial charge in [-0.25, -0.2) is 4.98 Å². The third kappa shape index (κ3) is 3.92. The van der Waals surface area contributed by atoms with E-state index in [4.69, 9.17) is 28.9 Å².